The van der Waals surface area contributed by atoms with Crippen LogP contribution >= 0.6 is 0 Å². The maximum atomic E-state index is 11.5. The smallest absolute Gasteiger partial charge is 0.305 e. The summed E-state index contributed by atoms with van der Waals surface area (Å²) in [7, 11) is 0. The number of rotatable bonds is 17. The second-order valence-electron chi connectivity index (χ2n) is 6.07. The number of carbonyl (C=O) groups excluding carboxylic acids is 1. The van der Waals surface area contributed by atoms with Gasteiger partial charge >= 0.3 is 5.97 Å². The normalized spacial score (nSPS) is 14.9. The molecule has 0 heterocycles. The number of esters is 1. The number of hydrogen-bond donors (Lipinski definition) is 4. The van der Waals surface area contributed by atoms with Crippen LogP contribution in [0.4, 0.5) is 0 Å². The van der Waals surface area contributed by atoms with Gasteiger partial charge in [0.15, 0.2) is 0 Å². The molecule has 25 heavy (non-hydrogen) atoms. The molecule has 8 nitrogen and oxygen atoms in total. The van der Waals surface area contributed by atoms with Gasteiger partial charge in [-0.1, -0.05) is 32.6 Å². The molecular weight excluding hydrogens is 332 g/mol. The van der Waals surface area contributed by atoms with Crippen molar-refractivity contribution in [3.8, 4) is 0 Å². The van der Waals surface area contributed by atoms with Crippen LogP contribution in [-0.2, 0) is 19.0 Å². The number of unbranched alkanes of at least 4 members (excludes halogenated alkanes) is 4. The Bertz CT molecular complexity index is 313. The standard InChI is InChI=1S/C17H34O8/c1-2-3-4-5-6-7-17(22)25-13-16(21)12-24-11-15(20)10-23-9-14(19)8-18/h14-16,18-21H,2-13H2,1H3. The minimum Gasteiger partial charge on any atom is -0.463 e. The number of aliphatic hydroxyl groups excluding tert-OH is 4. The van der Waals surface area contributed by atoms with Crippen LogP contribution in [0.15, 0.2) is 0 Å². The molecule has 0 aromatic rings. The minimum atomic E-state index is -0.976. The van der Waals surface area contributed by atoms with Crippen molar-refractivity contribution in [1.82, 2.24) is 0 Å². The van der Waals surface area contributed by atoms with E-state index in [9.17, 15) is 15.0 Å². The summed E-state index contributed by atoms with van der Waals surface area (Å²) in [6.45, 7) is 1.33. The first-order valence-corrected chi connectivity index (χ1v) is 8.95. The molecule has 0 aliphatic rings. The Hall–Kier alpha value is -0.770. The molecule has 0 rings (SSSR count). The molecule has 0 aromatic heterocycles. The highest BCUT2D eigenvalue weighted by molar-refractivity contribution is 5.69. The van der Waals surface area contributed by atoms with Crippen molar-refractivity contribution in [2.75, 3.05) is 39.6 Å². The molecule has 0 radical (unpaired) electrons. The van der Waals surface area contributed by atoms with Gasteiger partial charge in [-0.05, 0) is 6.42 Å². The van der Waals surface area contributed by atoms with Gasteiger partial charge in [-0.2, -0.15) is 0 Å². The predicted molar refractivity (Wildman–Crippen MR) is 91.1 cm³/mol. The third kappa shape index (κ3) is 16.4. The third-order valence-corrected chi connectivity index (χ3v) is 3.37. The highest BCUT2D eigenvalue weighted by Crippen LogP contribution is 2.06. The number of ether oxygens (including phenoxy) is 3. The first-order chi connectivity index (χ1) is 12.0. The van der Waals surface area contributed by atoms with E-state index in [0.717, 1.165) is 25.7 Å². The van der Waals surface area contributed by atoms with E-state index in [4.69, 9.17) is 24.4 Å². The van der Waals surface area contributed by atoms with Gasteiger partial charge in [0.25, 0.3) is 0 Å². The van der Waals surface area contributed by atoms with Gasteiger partial charge in [-0.3, -0.25) is 4.79 Å². The van der Waals surface area contributed by atoms with Crippen LogP contribution in [-0.4, -0.2) is 84.3 Å². The summed E-state index contributed by atoms with van der Waals surface area (Å²) < 4.78 is 15.1. The van der Waals surface area contributed by atoms with Crippen LogP contribution in [0.25, 0.3) is 0 Å². The van der Waals surface area contributed by atoms with Gasteiger partial charge in [0.1, 0.15) is 24.9 Å². The van der Waals surface area contributed by atoms with E-state index in [2.05, 4.69) is 6.92 Å². The topological polar surface area (TPSA) is 126 Å². The van der Waals surface area contributed by atoms with Gasteiger partial charge in [0.2, 0.25) is 0 Å². The Balaban J connectivity index is 3.53. The van der Waals surface area contributed by atoms with Crippen molar-refractivity contribution < 1.29 is 39.4 Å². The SMILES string of the molecule is CCCCCCCC(=O)OCC(O)COCC(O)COCC(O)CO. The van der Waals surface area contributed by atoms with Crippen LogP contribution in [0.3, 0.4) is 0 Å². The van der Waals surface area contributed by atoms with E-state index in [1.807, 2.05) is 0 Å². The molecule has 0 fully saturated rings. The second kappa shape index (κ2) is 16.7. The van der Waals surface area contributed by atoms with E-state index >= 15 is 0 Å². The lowest BCUT2D eigenvalue weighted by Crippen LogP contribution is -2.29. The fourth-order valence-corrected chi connectivity index (χ4v) is 1.96. The highest BCUT2D eigenvalue weighted by atomic mass is 16.6. The molecular formula is C17H34O8. The molecule has 0 amide bonds. The summed E-state index contributed by atoms with van der Waals surface area (Å²) in [5.74, 6) is -0.327. The molecule has 0 aliphatic heterocycles. The molecule has 150 valence electrons. The van der Waals surface area contributed by atoms with E-state index in [1.165, 1.54) is 6.42 Å². The van der Waals surface area contributed by atoms with Crippen molar-refractivity contribution >= 4 is 5.97 Å². The largest absolute Gasteiger partial charge is 0.463 e. The molecule has 0 bridgehead atoms. The Morgan fingerprint density at radius 2 is 1.32 bits per heavy atom. The molecule has 8 heteroatoms. The minimum absolute atomic E-state index is 0.0554. The Morgan fingerprint density at radius 3 is 1.88 bits per heavy atom. The Labute approximate surface area is 149 Å². The predicted octanol–water partition coefficient (Wildman–Crippen LogP) is -0.00170. The summed E-state index contributed by atoms with van der Waals surface area (Å²) in [5.41, 5.74) is 0. The van der Waals surface area contributed by atoms with Crippen molar-refractivity contribution in [3.63, 3.8) is 0 Å². The molecule has 0 aromatic carbocycles. The van der Waals surface area contributed by atoms with E-state index in [-0.39, 0.29) is 39.0 Å². The number of carbonyl (C=O) groups is 1. The van der Waals surface area contributed by atoms with E-state index in [1.54, 1.807) is 0 Å². The molecule has 0 saturated carbocycles. The fourth-order valence-electron chi connectivity index (χ4n) is 1.96. The van der Waals surface area contributed by atoms with Crippen molar-refractivity contribution in [2.24, 2.45) is 0 Å². The lowest BCUT2D eigenvalue weighted by Gasteiger charge is -2.15. The summed E-state index contributed by atoms with van der Waals surface area (Å²) >= 11 is 0. The number of hydrogen-bond acceptors (Lipinski definition) is 8. The van der Waals surface area contributed by atoms with Crippen LogP contribution in [0.5, 0.6) is 0 Å². The lowest BCUT2D eigenvalue weighted by atomic mass is 10.1. The van der Waals surface area contributed by atoms with Crippen molar-refractivity contribution in [2.45, 2.75) is 63.8 Å². The van der Waals surface area contributed by atoms with Gasteiger partial charge in [0.05, 0.1) is 33.0 Å². The van der Waals surface area contributed by atoms with Crippen LogP contribution < -0.4 is 0 Å². The van der Waals surface area contributed by atoms with Crippen molar-refractivity contribution in [3.05, 3.63) is 0 Å². The first-order valence-electron chi connectivity index (χ1n) is 8.95. The van der Waals surface area contributed by atoms with Crippen LogP contribution in [0.2, 0.25) is 0 Å². The summed E-state index contributed by atoms with van der Waals surface area (Å²) in [5, 5.41) is 36.9. The molecule has 0 spiro atoms. The lowest BCUT2D eigenvalue weighted by molar-refractivity contribution is -0.148. The van der Waals surface area contributed by atoms with Crippen LogP contribution in [0, 0.1) is 0 Å². The summed E-state index contributed by atoms with van der Waals surface area (Å²) in [4.78, 5) is 11.5. The summed E-state index contributed by atoms with van der Waals surface area (Å²) in [6, 6.07) is 0. The quantitative estimate of drug-likeness (QED) is 0.209. The third-order valence-electron chi connectivity index (χ3n) is 3.37. The second-order valence-corrected chi connectivity index (χ2v) is 6.07. The maximum absolute atomic E-state index is 11.5. The first kappa shape index (κ1) is 24.2. The van der Waals surface area contributed by atoms with Crippen molar-refractivity contribution in [1.29, 1.82) is 0 Å². The molecule has 4 N–H and O–H groups in total. The van der Waals surface area contributed by atoms with Gasteiger partial charge in [-0.15, -0.1) is 0 Å². The van der Waals surface area contributed by atoms with Crippen LogP contribution in [0.1, 0.15) is 45.4 Å². The average Bonchev–Trinajstić information content (AvgIpc) is 2.59. The molecule has 0 saturated heterocycles. The highest BCUT2D eigenvalue weighted by Gasteiger charge is 2.11. The van der Waals surface area contributed by atoms with E-state index < -0.39 is 24.9 Å². The number of aliphatic hydroxyl groups is 4. The Kier molecular flexibility index (Phi) is 16.2. The molecule has 3 unspecified atom stereocenters. The zero-order valence-corrected chi connectivity index (χ0v) is 15.1. The average molecular weight is 366 g/mol. The zero-order valence-electron chi connectivity index (χ0n) is 15.1. The molecule has 3 atom stereocenters. The summed E-state index contributed by atoms with van der Waals surface area (Å²) in [6.07, 6.45) is 2.75. The molecule has 0 aliphatic carbocycles. The van der Waals surface area contributed by atoms with E-state index in [0.29, 0.717) is 6.42 Å². The van der Waals surface area contributed by atoms with Gasteiger partial charge < -0.3 is 34.6 Å². The monoisotopic (exact) mass is 366 g/mol. The van der Waals surface area contributed by atoms with Gasteiger partial charge in [0, 0.05) is 6.42 Å². The maximum Gasteiger partial charge on any atom is 0.305 e. The Morgan fingerprint density at radius 1 is 0.800 bits per heavy atom. The van der Waals surface area contributed by atoms with Gasteiger partial charge in [-0.25, -0.2) is 0 Å². The zero-order chi connectivity index (χ0) is 18.9. The fraction of sp³-hybridized carbons (Fsp3) is 0.941.